The van der Waals surface area contributed by atoms with Gasteiger partial charge in [-0.15, -0.1) is 6.58 Å². The molecule has 0 aliphatic heterocycles. The van der Waals surface area contributed by atoms with E-state index < -0.39 is 0 Å². The van der Waals surface area contributed by atoms with Gasteiger partial charge in [0.05, 0.1) is 0 Å². The highest BCUT2D eigenvalue weighted by atomic mass is 15.0. The summed E-state index contributed by atoms with van der Waals surface area (Å²) in [5.41, 5.74) is 0. The van der Waals surface area contributed by atoms with Gasteiger partial charge in [0.2, 0.25) is 0 Å². The van der Waals surface area contributed by atoms with E-state index in [4.69, 9.17) is 0 Å². The molecular formula is C9H17N. The summed E-state index contributed by atoms with van der Waals surface area (Å²) in [5.74, 6) is 0.977. The van der Waals surface area contributed by atoms with Crippen LogP contribution in [0.2, 0.25) is 0 Å². The molecule has 0 aromatic rings. The van der Waals surface area contributed by atoms with Crippen LogP contribution in [-0.2, 0) is 0 Å². The van der Waals surface area contributed by atoms with E-state index in [-0.39, 0.29) is 0 Å². The molecule has 0 bridgehead atoms. The second kappa shape index (κ2) is 3.77. The molecular weight excluding hydrogens is 122 g/mol. The Bertz CT molecular complexity index is 109. The molecule has 0 saturated heterocycles. The molecule has 10 heavy (non-hydrogen) atoms. The van der Waals surface area contributed by atoms with Gasteiger partial charge in [-0.05, 0) is 25.3 Å². The fourth-order valence-electron chi connectivity index (χ4n) is 1.32. The Morgan fingerprint density at radius 2 is 2.50 bits per heavy atom. The Labute approximate surface area is 63.5 Å². The molecule has 0 aromatic heterocycles. The number of rotatable bonds is 5. The third-order valence-electron chi connectivity index (χ3n) is 2.20. The summed E-state index contributed by atoms with van der Waals surface area (Å²) >= 11 is 0. The third kappa shape index (κ3) is 2.14. The maximum atomic E-state index is 3.68. The predicted octanol–water partition coefficient (Wildman–Crippen LogP) is 1.95. The van der Waals surface area contributed by atoms with Gasteiger partial charge in [0, 0.05) is 6.04 Å². The van der Waals surface area contributed by atoms with Crippen LogP contribution in [0.1, 0.15) is 26.2 Å². The Balaban J connectivity index is 1.91. The predicted molar refractivity (Wildman–Crippen MR) is 45.0 cm³/mol. The van der Waals surface area contributed by atoms with Gasteiger partial charge < -0.3 is 5.32 Å². The summed E-state index contributed by atoms with van der Waals surface area (Å²) in [6, 6.07) is 0.838. The van der Waals surface area contributed by atoms with Crippen LogP contribution in [0.3, 0.4) is 0 Å². The Hall–Kier alpha value is -0.300. The Kier molecular flexibility index (Phi) is 2.94. The molecule has 1 N–H and O–H groups in total. The number of hydrogen-bond donors (Lipinski definition) is 1. The van der Waals surface area contributed by atoms with Crippen molar-refractivity contribution in [3.63, 3.8) is 0 Å². The zero-order valence-corrected chi connectivity index (χ0v) is 6.77. The van der Waals surface area contributed by atoms with Gasteiger partial charge >= 0.3 is 0 Å². The fourth-order valence-corrected chi connectivity index (χ4v) is 1.32. The van der Waals surface area contributed by atoms with Gasteiger partial charge in [-0.2, -0.15) is 0 Å². The zero-order chi connectivity index (χ0) is 7.40. The van der Waals surface area contributed by atoms with E-state index in [0.717, 1.165) is 24.9 Å². The molecule has 1 saturated carbocycles. The van der Waals surface area contributed by atoms with E-state index in [1.807, 2.05) is 6.08 Å². The summed E-state index contributed by atoms with van der Waals surface area (Å²) in [6.07, 6.45) is 5.81. The van der Waals surface area contributed by atoms with Crippen LogP contribution >= 0.6 is 0 Å². The number of hydrogen-bond acceptors (Lipinski definition) is 1. The molecule has 1 rings (SSSR count). The van der Waals surface area contributed by atoms with Crippen molar-refractivity contribution in [2.75, 3.05) is 6.54 Å². The van der Waals surface area contributed by atoms with Crippen LogP contribution in [0, 0.1) is 5.92 Å². The molecule has 0 radical (unpaired) electrons. The lowest BCUT2D eigenvalue weighted by atomic mass is 10.3. The quantitative estimate of drug-likeness (QED) is 0.453. The van der Waals surface area contributed by atoms with E-state index in [1.165, 1.54) is 12.8 Å². The first-order chi connectivity index (χ1) is 4.88. The molecule has 2 unspecified atom stereocenters. The lowest BCUT2D eigenvalue weighted by Gasteiger charge is -1.98. The zero-order valence-electron chi connectivity index (χ0n) is 6.77. The van der Waals surface area contributed by atoms with Crippen molar-refractivity contribution < 1.29 is 0 Å². The van der Waals surface area contributed by atoms with Crippen molar-refractivity contribution in [2.24, 2.45) is 5.92 Å². The topological polar surface area (TPSA) is 12.0 Å². The molecule has 1 aliphatic rings. The Morgan fingerprint density at radius 1 is 1.70 bits per heavy atom. The minimum absolute atomic E-state index is 0.838. The first-order valence-corrected chi connectivity index (χ1v) is 4.22. The van der Waals surface area contributed by atoms with Crippen LogP contribution in [0.15, 0.2) is 12.7 Å². The molecule has 1 fully saturated rings. The molecule has 1 nitrogen and oxygen atoms in total. The van der Waals surface area contributed by atoms with Gasteiger partial charge in [-0.3, -0.25) is 0 Å². The average Bonchev–Trinajstić information content (AvgIpc) is 2.68. The van der Waals surface area contributed by atoms with E-state index in [9.17, 15) is 0 Å². The van der Waals surface area contributed by atoms with Crippen LogP contribution in [0.4, 0.5) is 0 Å². The molecule has 58 valence electrons. The normalized spacial score (nSPS) is 30.1. The molecule has 1 aliphatic carbocycles. The smallest absolute Gasteiger partial charge is 0.00991 e. The van der Waals surface area contributed by atoms with Gasteiger partial charge in [-0.1, -0.05) is 19.4 Å². The summed E-state index contributed by atoms with van der Waals surface area (Å²) < 4.78 is 0. The van der Waals surface area contributed by atoms with E-state index in [0.29, 0.717) is 0 Å². The SMILES string of the molecule is C=CCCNC1CC1CC. The molecule has 0 heterocycles. The summed E-state index contributed by atoms with van der Waals surface area (Å²) in [5, 5.41) is 3.49. The lowest BCUT2D eigenvalue weighted by Crippen LogP contribution is -2.18. The second-order valence-electron chi connectivity index (χ2n) is 3.04. The number of nitrogens with one attached hydrogen (secondary N) is 1. The van der Waals surface area contributed by atoms with Crippen molar-refractivity contribution in [3.05, 3.63) is 12.7 Å². The van der Waals surface area contributed by atoms with E-state index in [2.05, 4.69) is 18.8 Å². The molecule has 0 spiro atoms. The molecule has 1 heteroatoms. The van der Waals surface area contributed by atoms with Crippen LogP contribution in [0.5, 0.6) is 0 Å². The molecule has 0 aromatic carbocycles. The average molecular weight is 139 g/mol. The van der Waals surface area contributed by atoms with Gasteiger partial charge in [0.1, 0.15) is 0 Å². The largest absolute Gasteiger partial charge is 0.313 e. The van der Waals surface area contributed by atoms with Crippen molar-refractivity contribution >= 4 is 0 Å². The highest BCUT2D eigenvalue weighted by molar-refractivity contribution is 4.92. The van der Waals surface area contributed by atoms with Crippen LogP contribution < -0.4 is 5.32 Å². The van der Waals surface area contributed by atoms with Crippen molar-refractivity contribution in [1.29, 1.82) is 0 Å². The van der Waals surface area contributed by atoms with Gasteiger partial charge in [-0.25, -0.2) is 0 Å². The first-order valence-electron chi connectivity index (χ1n) is 4.22. The summed E-state index contributed by atoms with van der Waals surface area (Å²) in [4.78, 5) is 0. The third-order valence-corrected chi connectivity index (χ3v) is 2.20. The Morgan fingerprint density at radius 3 is 3.00 bits per heavy atom. The van der Waals surface area contributed by atoms with Crippen molar-refractivity contribution in [1.82, 2.24) is 5.32 Å². The lowest BCUT2D eigenvalue weighted by molar-refractivity contribution is 0.628. The van der Waals surface area contributed by atoms with Crippen molar-refractivity contribution in [3.8, 4) is 0 Å². The van der Waals surface area contributed by atoms with E-state index in [1.54, 1.807) is 0 Å². The van der Waals surface area contributed by atoms with Crippen molar-refractivity contribution in [2.45, 2.75) is 32.2 Å². The standard InChI is InChI=1S/C9H17N/c1-3-5-6-10-9-7-8(9)4-2/h3,8-10H,1,4-7H2,2H3. The second-order valence-corrected chi connectivity index (χ2v) is 3.04. The molecule has 0 amide bonds. The highest BCUT2D eigenvalue weighted by Crippen LogP contribution is 2.32. The minimum atomic E-state index is 0.838. The van der Waals surface area contributed by atoms with E-state index >= 15 is 0 Å². The fraction of sp³-hybridized carbons (Fsp3) is 0.778. The van der Waals surface area contributed by atoms with Crippen LogP contribution in [-0.4, -0.2) is 12.6 Å². The summed E-state index contributed by atoms with van der Waals surface area (Å²) in [6.45, 7) is 7.06. The maximum absolute atomic E-state index is 3.68. The highest BCUT2D eigenvalue weighted by Gasteiger charge is 2.33. The van der Waals surface area contributed by atoms with Gasteiger partial charge in [0.15, 0.2) is 0 Å². The first kappa shape index (κ1) is 7.80. The maximum Gasteiger partial charge on any atom is 0.00991 e. The summed E-state index contributed by atoms with van der Waals surface area (Å²) in [7, 11) is 0. The minimum Gasteiger partial charge on any atom is -0.313 e. The van der Waals surface area contributed by atoms with Gasteiger partial charge in [0.25, 0.3) is 0 Å². The van der Waals surface area contributed by atoms with Crippen LogP contribution in [0.25, 0.3) is 0 Å². The molecule has 2 atom stereocenters. The monoisotopic (exact) mass is 139 g/mol.